The highest BCUT2D eigenvalue weighted by Gasteiger charge is 2.02. The fourth-order valence-corrected chi connectivity index (χ4v) is 2.00. The molecule has 0 aliphatic carbocycles. The number of aromatic nitrogens is 2. The first kappa shape index (κ1) is 16.0. The highest BCUT2D eigenvalue weighted by atomic mass is 19.1. The Morgan fingerprint density at radius 1 is 1.32 bits per heavy atom. The Balaban J connectivity index is 1.97. The van der Waals surface area contributed by atoms with Crippen LogP contribution in [0.5, 0.6) is 0 Å². The number of aliphatic imine (C=N–C) groups is 1. The Bertz CT molecular complexity index is 648. The van der Waals surface area contributed by atoms with Crippen LogP contribution in [0.3, 0.4) is 0 Å². The van der Waals surface area contributed by atoms with Crippen molar-refractivity contribution in [1.82, 2.24) is 20.4 Å². The van der Waals surface area contributed by atoms with Crippen LogP contribution in [-0.4, -0.2) is 22.3 Å². The van der Waals surface area contributed by atoms with Crippen LogP contribution in [0.2, 0.25) is 0 Å². The van der Waals surface area contributed by atoms with E-state index in [9.17, 15) is 4.39 Å². The predicted molar refractivity (Wildman–Crippen MR) is 86.0 cm³/mol. The van der Waals surface area contributed by atoms with Gasteiger partial charge in [0.05, 0.1) is 12.7 Å². The van der Waals surface area contributed by atoms with Crippen LogP contribution >= 0.6 is 0 Å². The van der Waals surface area contributed by atoms with E-state index in [-0.39, 0.29) is 5.82 Å². The molecule has 0 radical (unpaired) electrons. The molecule has 0 fully saturated rings. The lowest BCUT2D eigenvalue weighted by atomic mass is 10.1. The van der Waals surface area contributed by atoms with E-state index in [1.54, 1.807) is 29.9 Å². The Morgan fingerprint density at radius 2 is 2.14 bits per heavy atom. The zero-order valence-electron chi connectivity index (χ0n) is 13.2. The molecular weight excluding hydrogens is 281 g/mol. The van der Waals surface area contributed by atoms with Gasteiger partial charge >= 0.3 is 0 Å². The van der Waals surface area contributed by atoms with Gasteiger partial charge in [-0.25, -0.2) is 9.38 Å². The summed E-state index contributed by atoms with van der Waals surface area (Å²) in [5, 5.41) is 10.5. The van der Waals surface area contributed by atoms with E-state index in [2.05, 4.69) is 20.7 Å². The molecule has 0 saturated carbocycles. The minimum Gasteiger partial charge on any atom is -0.357 e. The van der Waals surface area contributed by atoms with Crippen molar-refractivity contribution >= 4 is 5.96 Å². The second kappa shape index (κ2) is 7.59. The molecule has 1 aromatic heterocycles. The first-order chi connectivity index (χ1) is 10.6. The molecule has 2 aromatic rings. The molecule has 0 amide bonds. The van der Waals surface area contributed by atoms with Gasteiger partial charge in [0.15, 0.2) is 5.96 Å². The van der Waals surface area contributed by atoms with Gasteiger partial charge in [-0.1, -0.05) is 12.1 Å². The summed E-state index contributed by atoms with van der Waals surface area (Å²) in [7, 11) is 1.88. The van der Waals surface area contributed by atoms with Gasteiger partial charge in [-0.05, 0) is 31.0 Å². The SMILES string of the molecule is CCNC(=NCc1cnn(C)c1)NCc1ccc(C)c(F)c1. The van der Waals surface area contributed by atoms with Crippen molar-refractivity contribution in [3.8, 4) is 0 Å². The molecule has 0 aliphatic heterocycles. The van der Waals surface area contributed by atoms with Crippen molar-refractivity contribution in [2.75, 3.05) is 6.54 Å². The summed E-state index contributed by atoms with van der Waals surface area (Å²) >= 11 is 0. The number of halogens is 1. The van der Waals surface area contributed by atoms with Gasteiger partial charge < -0.3 is 10.6 Å². The van der Waals surface area contributed by atoms with Crippen molar-refractivity contribution in [3.63, 3.8) is 0 Å². The molecule has 0 spiro atoms. The molecule has 118 valence electrons. The van der Waals surface area contributed by atoms with Crippen molar-refractivity contribution in [2.24, 2.45) is 12.0 Å². The normalized spacial score (nSPS) is 11.5. The van der Waals surface area contributed by atoms with Gasteiger partial charge in [-0.3, -0.25) is 4.68 Å². The third-order valence-corrected chi connectivity index (χ3v) is 3.22. The molecule has 6 heteroatoms. The molecule has 5 nitrogen and oxygen atoms in total. The first-order valence-corrected chi connectivity index (χ1v) is 7.33. The lowest BCUT2D eigenvalue weighted by Gasteiger charge is -2.11. The molecular formula is C16H22FN5. The molecule has 0 unspecified atom stereocenters. The van der Waals surface area contributed by atoms with E-state index in [0.29, 0.717) is 24.6 Å². The first-order valence-electron chi connectivity index (χ1n) is 7.33. The zero-order chi connectivity index (χ0) is 15.9. The van der Waals surface area contributed by atoms with E-state index in [1.807, 2.05) is 26.2 Å². The average Bonchev–Trinajstić information content (AvgIpc) is 2.91. The maximum absolute atomic E-state index is 13.5. The maximum atomic E-state index is 13.5. The molecule has 2 rings (SSSR count). The number of rotatable bonds is 5. The van der Waals surface area contributed by atoms with E-state index in [0.717, 1.165) is 17.7 Å². The minimum absolute atomic E-state index is 0.184. The van der Waals surface area contributed by atoms with Gasteiger partial charge in [0.2, 0.25) is 0 Å². The van der Waals surface area contributed by atoms with E-state index in [4.69, 9.17) is 0 Å². The summed E-state index contributed by atoms with van der Waals surface area (Å²) in [5.74, 6) is 0.518. The molecule has 0 bridgehead atoms. The molecule has 22 heavy (non-hydrogen) atoms. The van der Waals surface area contributed by atoms with Crippen LogP contribution in [0.1, 0.15) is 23.6 Å². The standard InChI is InChI=1S/C16H22FN5/c1-4-18-16(20-9-14-10-21-22(3)11-14)19-8-13-6-5-12(2)15(17)7-13/h5-7,10-11H,4,8-9H2,1-3H3,(H2,18,19,20). The van der Waals surface area contributed by atoms with Crippen LogP contribution in [0, 0.1) is 12.7 Å². The minimum atomic E-state index is -0.184. The van der Waals surface area contributed by atoms with Crippen molar-refractivity contribution < 1.29 is 4.39 Å². The number of benzene rings is 1. The Hall–Kier alpha value is -2.37. The maximum Gasteiger partial charge on any atom is 0.191 e. The molecule has 0 saturated heterocycles. The topological polar surface area (TPSA) is 54.2 Å². The molecule has 1 aromatic carbocycles. The number of hydrogen-bond acceptors (Lipinski definition) is 2. The number of hydrogen-bond donors (Lipinski definition) is 2. The van der Waals surface area contributed by atoms with Crippen molar-refractivity contribution in [3.05, 3.63) is 53.1 Å². The summed E-state index contributed by atoms with van der Waals surface area (Å²) in [6, 6.07) is 5.25. The van der Waals surface area contributed by atoms with Crippen molar-refractivity contribution in [1.29, 1.82) is 0 Å². The number of nitrogens with zero attached hydrogens (tertiary/aromatic N) is 3. The highest BCUT2D eigenvalue weighted by molar-refractivity contribution is 5.79. The van der Waals surface area contributed by atoms with E-state index in [1.165, 1.54) is 0 Å². The van der Waals surface area contributed by atoms with Gasteiger partial charge in [-0.15, -0.1) is 0 Å². The van der Waals surface area contributed by atoms with E-state index >= 15 is 0 Å². The second-order valence-electron chi connectivity index (χ2n) is 5.15. The third kappa shape index (κ3) is 4.58. The largest absolute Gasteiger partial charge is 0.357 e. The second-order valence-corrected chi connectivity index (χ2v) is 5.15. The monoisotopic (exact) mass is 303 g/mol. The molecule has 1 heterocycles. The Labute approximate surface area is 130 Å². The quantitative estimate of drug-likeness (QED) is 0.657. The van der Waals surface area contributed by atoms with Gasteiger partial charge in [0.25, 0.3) is 0 Å². The zero-order valence-corrected chi connectivity index (χ0v) is 13.2. The molecule has 2 N–H and O–H groups in total. The van der Waals surface area contributed by atoms with Crippen LogP contribution in [0.15, 0.2) is 35.6 Å². The Kier molecular flexibility index (Phi) is 5.52. The van der Waals surface area contributed by atoms with Crippen LogP contribution in [-0.2, 0) is 20.1 Å². The molecule has 0 aliphatic rings. The Morgan fingerprint density at radius 3 is 2.77 bits per heavy atom. The lowest BCUT2D eigenvalue weighted by molar-refractivity contribution is 0.615. The predicted octanol–water partition coefficient (Wildman–Crippen LogP) is 2.12. The van der Waals surface area contributed by atoms with Crippen LogP contribution in [0.25, 0.3) is 0 Å². The summed E-state index contributed by atoms with van der Waals surface area (Å²) in [6.07, 6.45) is 3.73. The highest BCUT2D eigenvalue weighted by Crippen LogP contribution is 2.08. The van der Waals surface area contributed by atoms with E-state index < -0.39 is 0 Å². The van der Waals surface area contributed by atoms with Gasteiger partial charge in [0.1, 0.15) is 5.82 Å². The number of nitrogens with one attached hydrogen (secondary N) is 2. The summed E-state index contributed by atoms with van der Waals surface area (Å²) in [6.45, 7) is 5.60. The summed E-state index contributed by atoms with van der Waals surface area (Å²) in [4.78, 5) is 4.50. The van der Waals surface area contributed by atoms with Crippen molar-refractivity contribution in [2.45, 2.75) is 26.9 Å². The fraction of sp³-hybridized carbons (Fsp3) is 0.375. The molecule has 0 atom stereocenters. The number of aryl methyl sites for hydroxylation is 2. The average molecular weight is 303 g/mol. The van der Waals surface area contributed by atoms with Gasteiger partial charge in [0, 0.05) is 31.9 Å². The lowest BCUT2D eigenvalue weighted by Crippen LogP contribution is -2.36. The van der Waals surface area contributed by atoms with Crippen LogP contribution in [0.4, 0.5) is 4.39 Å². The third-order valence-electron chi connectivity index (χ3n) is 3.22. The summed E-state index contributed by atoms with van der Waals surface area (Å²) in [5.41, 5.74) is 2.58. The van der Waals surface area contributed by atoms with Gasteiger partial charge in [-0.2, -0.15) is 5.10 Å². The summed E-state index contributed by atoms with van der Waals surface area (Å²) < 4.78 is 15.3. The fourth-order valence-electron chi connectivity index (χ4n) is 2.00. The van der Waals surface area contributed by atoms with Crippen LogP contribution < -0.4 is 10.6 Å². The smallest absolute Gasteiger partial charge is 0.191 e. The number of guanidine groups is 1.